The maximum absolute atomic E-state index is 11.8. The first-order chi connectivity index (χ1) is 9.38. The Kier molecular flexibility index (Phi) is 7.50. The van der Waals surface area contributed by atoms with Crippen LogP contribution in [-0.4, -0.2) is 42.2 Å². The highest BCUT2D eigenvalue weighted by molar-refractivity contribution is 8.00. The van der Waals surface area contributed by atoms with Crippen LogP contribution in [-0.2, 0) is 0 Å². The average Bonchev–Trinajstić information content (AvgIpc) is 2.36. The van der Waals surface area contributed by atoms with E-state index in [1.54, 1.807) is 24.3 Å². The Balaban J connectivity index is 2.12. The molecule has 0 saturated carbocycles. The zero-order valence-corrected chi connectivity index (χ0v) is 12.1. The fourth-order valence-corrected chi connectivity index (χ4v) is 1.98. The third kappa shape index (κ3) is 7.84. The van der Waals surface area contributed by atoms with Crippen LogP contribution in [0, 0.1) is 0 Å². The number of rotatable bonds is 8. The number of nitrogens with one attached hydrogen (secondary N) is 1. The van der Waals surface area contributed by atoms with Crippen LogP contribution in [0.1, 0.15) is 0 Å². The molecule has 0 aliphatic rings. The summed E-state index contributed by atoms with van der Waals surface area (Å²) in [4.78, 5) is 0. The van der Waals surface area contributed by atoms with Gasteiger partial charge in [-0.05, 0) is 23.9 Å². The van der Waals surface area contributed by atoms with Crippen molar-refractivity contribution in [2.24, 2.45) is 0 Å². The highest BCUT2D eigenvalue weighted by Gasteiger charge is 2.27. The van der Waals surface area contributed by atoms with Crippen molar-refractivity contribution in [3.05, 3.63) is 29.3 Å². The van der Waals surface area contributed by atoms with Crippen LogP contribution in [0.25, 0.3) is 0 Å². The van der Waals surface area contributed by atoms with Gasteiger partial charge >= 0.3 is 5.51 Å². The van der Waals surface area contributed by atoms with Crippen LogP contribution in [0.3, 0.4) is 0 Å². The van der Waals surface area contributed by atoms with Gasteiger partial charge in [0, 0.05) is 18.8 Å². The van der Waals surface area contributed by atoms with E-state index in [1.807, 2.05) is 0 Å². The summed E-state index contributed by atoms with van der Waals surface area (Å²) in [7, 11) is 0. The number of benzene rings is 1. The highest BCUT2D eigenvalue weighted by Crippen LogP contribution is 2.29. The van der Waals surface area contributed by atoms with Crippen LogP contribution in [0.4, 0.5) is 13.2 Å². The fourth-order valence-electron chi connectivity index (χ4n) is 1.31. The van der Waals surface area contributed by atoms with Crippen LogP contribution < -0.4 is 10.1 Å². The van der Waals surface area contributed by atoms with Crippen LogP contribution in [0.15, 0.2) is 24.3 Å². The molecule has 2 N–H and O–H groups in total. The fraction of sp³-hybridized carbons (Fsp3) is 0.500. The highest BCUT2D eigenvalue weighted by atomic mass is 35.5. The van der Waals surface area contributed by atoms with Gasteiger partial charge in [-0.2, -0.15) is 13.2 Å². The molecule has 0 saturated heterocycles. The van der Waals surface area contributed by atoms with E-state index in [2.05, 4.69) is 5.32 Å². The number of aliphatic hydroxyl groups is 1. The molecule has 8 heteroatoms. The molecule has 0 aliphatic carbocycles. The number of aliphatic hydroxyl groups excluding tert-OH is 1. The van der Waals surface area contributed by atoms with Gasteiger partial charge in [0.2, 0.25) is 0 Å². The second-order valence-electron chi connectivity index (χ2n) is 3.89. The molecule has 1 atom stereocenters. The Labute approximate surface area is 124 Å². The summed E-state index contributed by atoms with van der Waals surface area (Å²) in [5.74, 6) is 0.363. The van der Waals surface area contributed by atoms with Crippen molar-refractivity contribution in [2.75, 3.05) is 25.4 Å². The van der Waals surface area contributed by atoms with Crippen molar-refractivity contribution in [1.82, 2.24) is 5.32 Å². The maximum atomic E-state index is 11.8. The topological polar surface area (TPSA) is 41.5 Å². The van der Waals surface area contributed by atoms with Gasteiger partial charge in [-0.15, -0.1) is 0 Å². The van der Waals surface area contributed by atoms with Gasteiger partial charge in [-0.1, -0.05) is 23.7 Å². The number of ether oxygens (including phenoxy) is 1. The van der Waals surface area contributed by atoms with E-state index in [0.29, 0.717) is 10.8 Å². The first kappa shape index (κ1) is 17.4. The monoisotopic (exact) mass is 329 g/mol. The number of thioether (sulfide) groups is 1. The van der Waals surface area contributed by atoms with Crippen LogP contribution >= 0.6 is 23.4 Å². The molecule has 0 bridgehead atoms. The second-order valence-corrected chi connectivity index (χ2v) is 5.46. The lowest BCUT2D eigenvalue weighted by atomic mass is 10.3. The molecule has 1 unspecified atom stereocenters. The molecular weight excluding hydrogens is 315 g/mol. The van der Waals surface area contributed by atoms with Crippen LogP contribution in [0.2, 0.25) is 5.02 Å². The van der Waals surface area contributed by atoms with E-state index in [9.17, 15) is 18.3 Å². The van der Waals surface area contributed by atoms with Gasteiger partial charge in [0.15, 0.2) is 0 Å². The molecule has 20 heavy (non-hydrogen) atoms. The summed E-state index contributed by atoms with van der Waals surface area (Å²) in [6, 6.07) is 6.84. The molecule has 0 spiro atoms. The van der Waals surface area contributed by atoms with Gasteiger partial charge in [0.05, 0.1) is 5.02 Å². The SMILES string of the molecule is OC(CNCCSC(F)(F)F)COc1ccccc1Cl. The van der Waals surface area contributed by atoms with Crippen molar-refractivity contribution < 1.29 is 23.0 Å². The summed E-state index contributed by atoms with van der Waals surface area (Å²) < 4.78 is 40.8. The first-order valence-electron chi connectivity index (χ1n) is 5.85. The van der Waals surface area contributed by atoms with Crippen molar-refractivity contribution in [3.63, 3.8) is 0 Å². The third-order valence-corrected chi connectivity index (χ3v) is 3.24. The molecule has 0 amide bonds. The quantitative estimate of drug-likeness (QED) is 0.720. The molecule has 1 rings (SSSR count). The predicted octanol–water partition coefficient (Wildman–Crippen LogP) is 2.92. The zero-order valence-electron chi connectivity index (χ0n) is 10.5. The van der Waals surface area contributed by atoms with Crippen LogP contribution in [0.5, 0.6) is 5.75 Å². The Bertz CT molecular complexity index is 407. The second kappa shape index (κ2) is 8.61. The molecular formula is C12H15ClF3NO2S. The van der Waals surface area contributed by atoms with Gasteiger partial charge in [0.1, 0.15) is 18.5 Å². The lowest BCUT2D eigenvalue weighted by Gasteiger charge is -2.14. The Morgan fingerprint density at radius 1 is 1.35 bits per heavy atom. The maximum Gasteiger partial charge on any atom is 0.441 e. The third-order valence-electron chi connectivity index (χ3n) is 2.19. The molecule has 0 aliphatic heterocycles. The van der Waals surface area contributed by atoms with Gasteiger partial charge in [-0.3, -0.25) is 0 Å². The molecule has 0 heterocycles. The van der Waals surface area contributed by atoms with E-state index in [4.69, 9.17) is 16.3 Å². The van der Waals surface area contributed by atoms with Crippen molar-refractivity contribution in [3.8, 4) is 5.75 Å². The number of halogens is 4. The number of alkyl halides is 3. The molecule has 0 radical (unpaired) electrons. The molecule has 1 aromatic rings. The molecule has 1 aromatic carbocycles. The molecule has 114 valence electrons. The van der Waals surface area contributed by atoms with E-state index in [1.165, 1.54) is 0 Å². The summed E-state index contributed by atoms with van der Waals surface area (Å²) in [5, 5.41) is 12.8. The smallest absolute Gasteiger partial charge is 0.441 e. The van der Waals surface area contributed by atoms with Gasteiger partial charge in [-0.25, -0.2) is 0 Å². The normalized spacial score (nSPS) is 13.2. The lowest BCUT2D eigenvalue weighted by Crippen LogP contribution is -2.32. The van der Waals surface area contributed by atoms with Crippen molar-refractivity contribution in [2.45, 2.75) is 11.6 Å². The van der Waals surface area contributed by atoms with E-state index in [-0.39, 0.29) is 37.2 Å². The minimum absolute atomic E-state index is 0.0170. The van der Waals surface area contributed by atoms with Gasteiger partial charge in [0.25, 0.3) is 0 Å². The Morgan fingerprint density at radius 3 is 2.70 bits per heavy atom. The average molecular weight is 330 g/mol. The summed E-state index contributed by atoms with van der Waals surface area (Å²) >= 11 is 5.77. The standard InChI is InChI=1S/C12H15ClF3NO2S/c13-10-3-1-2-4-11(10)19-8-9(18)7-17-5-6-20-12(14,15)16/h1-4,9,17-18H,5-8H2. The van der Waals surface area contributed by atoms with E-state index in [0.717, 1.165) is 0 Å². The summed E-state index contributed by atoms with van der Waals surface area (Å²) in [5.41, 5.74) is -4.21. The van der Waals surface area contributed by atoms with Crippen molar-refractivity contribution >= 4 is 23.4 Å². The minimum atomic E-state index is -4.21. The number of para-hydroxylation sites is 1. The predicted molar refractivity (Wildman–Crippen MR) is 74.3 cm³/mol. The number of hydrogen-bond donors (Lipinski definition) is 2. The molecule has 0 fully saturated rings. The minimum Gasteiger partial charge on any atom is -0.489 e. The summed E-state index contributed by atoms with van der Waals surface area (Å²) in [6.45, 7) is 0.333. The zero-order chi connectivity index (χ0) is 15.0. The Morgan fingerprint density at radius 2 is 2.05 bits per heavy atom. The molecule has 0 aromatic heterocycles. The van der Waals surface area contributed by atoms with E-state index < -0.39 is 11.6 Å². The summed E-state index contributed by atoms with van der Waals surface area (Å²) in [6.07, 6.45) is -0.817. The van der Waals surface area contributed by atoms with Crippen molar-refractivity contribution in [1.29, 1.82) is 0 Å². The first-order valence-corrected chi connectivity index (χ1v) is 7.21. The number of hydrogen-bond acceptors (Lipinski definition) is 4. The lowest BCUT2D eigenvalue weighted by molar-refractivity contribution is -0.0327. The van der Waals surface area contributed by atoms with Gasteiger partial charge < -0.3 is 15.2 Å². The Hall–Kier alpha value is -0.630. The molecule has 3 nitrogen and oxygen atoms in total. The largest absolute Gasteiger partial charge is 0.489 e. The van der Waals surface area contributed by atoms with E-state index >= 15 is 0 Å².